The smallest absolute Gasteiger partial charge is 0.276 e. The Morgan fingerprint density at radius 2 is 2.11 bits per heavy atom. The van der Waals surface area contributed by atoms with E-state index in [1.165, 1.54) is 6.20 Å². The van der Waals surface area contributed by atoms with E-state index in [4.69, 9.17) is 0 Å². The molecule has 0 radical (unpaired) electrons. The van der Waals surface area contributed by atoms with Gasteiger partial charge in [-0.1, -0.05) is 12.8 Å². The largest absolute Gasteiger partial charge is 0.395 e. The van der Waals surface area contributed by atoms with Gasteiger partial charge in [0.05, 0.1) is 23.7 Å². The normalized spacial score (nSPS) is 18.2. The summed E-state index contributed by atoms with van der Waals surface area (Å²) in [7, 11) is 0. The minimum Gasteiger partial charge on any atom is -0.395 e. The van der Waals surface area contributed by atoms with Crippen molar-refractivity contribution >= 4 is 23.2 Å². The molecule has 198 valence electrons. The van der Waals surface area contributed by atoms with Crippen LogP contribution in [0.4, 0.5) is 26.1 Å². The summed E-state index contributed by atoms with van der Waals surface area (Å²) in [5, 5.41) is 20.6. The average molecular weight is 522 g/mol. The number of halogens is 2. The van der Waals surface area contributed by atoms with E-state index in [2.05, 4.69) is 37.5 Å². The first-order chi connectivity index (χ1) is 18.3. The molecule has 3 N–H and O–H groups in total. The molecule has 38 heavy (non-hydrogen) atoms. The van der Waals surface area contributed by atoms with Gasteiger partial charge >= 0.3 is 0 Å². The number of aliphatic hydroxyl groups is 1. The van der Waals surface area contributed by atoms with Crippen LogP contribution in [0.25, 0.3) is 11.3 Å². The second-order valence-electron chi connectivity index (χ2n) is 9.79. The van der Waals surface area contributed by atoms with E-state index in [9.17, 15) is 18.7 Å². The summed E-state index contributed by atoms with van der Waals surface area (Å²) in [4.78, 5) is 23.7. The van der Waals surface area contributed by atoms with E-state index in [0.717, 1.165) is 39.9 Å². The van der Waals surface area contributed by atoms with Gasteiger partial charge in [0.2, 0.25) is 5.95 Å². The number of likely N-dealkylation sites (tertiary alicyclic amines) is 1. The SMILES string of the molecule is CC#Cc1cc(-c2ccnc(Nc3cn(CC(F)F)nc3C(=O)N3CCCC3)n2)cc2c1NCC2(C)CO. The van der Waals surface area contributed by atoms with E-state index in [0.29, 0.717) is 25.3 Å². The zero-order chi connectivity index (χ0) is 26.9. The molecule has 1 saturated heterocycles. The number of hydrogen-bond donors (Lipinski definition) is 3. The van der Waals surface area contributed by atoms with Crippen LogP contribution >= 0.6 is 0 Å². The first-order valence-electron chi connectivity index (χ1n) is 12.5. The number of fused-ring (bicyclic) bond motifs is 1. The van der Waals surface area contributed by atoms with Gasteiger partial charge in [0, 0.05) is 48.6 Å². The summed E-state index contributed by atoms with van der Waals surface area (Å²) in [5.41, 5.74) is 3.91. The fourth-order valence-corrected chi connectivity index (χ4v) is 4.89. The van der Waals surface area contributed by atoms with Crippen molar-refractivity contribution in [3.63, 3.8) is 0 Å². The van der Waals surface area contributed by atoms with E-state index in [1.807, 2.05) is 19.1 Å². The Labute approximate surface area is 219 Å². The Balaban J connectivity index is 1.50. The third kappa shape index (κ3) is 4.91. The predicted molar refractivity (Wildman–Crippen MR) is 140 cm³/mol. The Morgan fingerprint density at radius 3 is 2.82 bits per heavy atom. The fraction of sp³-hybridized carbons (Fsp3) is 0.407. The van der Waals surface area contributed by atoms with Crippen LogP contribution in [0.15, 0.2) is 30.6 Å². The number of amides is 1. The maximum atomic E-state index is 13.1. The Morgan fingerprint density at radius 1 is 1.32 bits per heavy atom. The highest BCUT2D eigenvalue weighted by molar-refractivity contribution is 5.98. The number of benzene rings is 1. The van der Waals surface area contributed by atoms with Crippen molar-refractivity contribution in [2.45, 2.75) is 45.1 Å². The standard InChI is InChI=1S/C27H29F2N7O2/c1-3-6-17-11-18(12-19-23(17)31-15-27(19,2)16-37)20-7-8-30-26(32-20)33-21-13-36(14-22(28)29)34-24(21)25(38)35-9-4-5-10-35/h7-8,11-13,22,31,37H,4-5,9-10,14-16H2,1-2H3,(H,30,32,33). The third-order valence-electron chi connectivity index (χ3n) is 6.93. The van der Waals surface area contributed by atoms with Gasteiger partial charge in [-0.2, -0.15) is 5.10 Å². The molecule has 3 aromatic rings. The Hall–Kier alpha value is -4.04. The molecular weight excluding hydrogens is 492 g/mol. The molecule has 1 unspecified atom stereocenters. The number of aromatic nitrogens is 4. The number of alkyl halides is 2. The van der Waals surface area contributed by atoms with Crippen molar-refractivity contribution in [1.82, 2.24) is 24.6 Å². The van der Waals surface area contributed by atoms with Crippen LogP contribution in [0.2, 0.25) is 0 Å². The molecule has 1 atom stereocenters. The number of carbonyl (C=O) groups is 1. The summed E-state index contributed by atoms with van der Waals surface area (Å²) in [6.45, 7) is 4.90. The molecule has 0 spiro atoms. The second-order valence-corrected chi connectivity index (χ2v) is 9.79. The lowest BCUT2D eigenvalue weighted by molar-refractivity contribution is 0.0783. The van der Waals surface area contributed by atoms with Gasteiger partial charge in [0.25, 0.3) is 12.3 Å². The second kappa shape index (κ2) is 10.4. The molecule has 1 fully saturated rings. The van der Waals surface area contributed by atoms with E-state index in [-0.39, 0.29) is 29.8 Å². The minimum atomic E-state index is -2.61. The lowest BCUT2D eigenvalue weighted by Crippen LogP contribution is -2.28. The van der Waals surface area contributed by atoms with Gasteiger partial charge in [-0.05, 0) is 43.5 Å². The fourth-order valence-electron chi connectivity index (χ4n) is 4.89. The van der Waals surface area contributed by atoms with Gasteiger partial charge in [0.1, 0.15) is 6.54 Å². The zero-order valence-electron chi connectivity index (χ0n) is 21.3. The number of nitrogens with zero attached hydrogens (tertiary/aromatic N) is 5. The summed E-state index contributed by atoms with van der Waals surface area (Å²) >= 11 is 0. The Kier molecular flexibility index (Phi) is 6.99. The van der Waals surface area contributed by atoms with Gasteiger partial charge in [-0.3, -0.25) is 9.48 Å². The van der Waals surface area contributed by atoms with Crippen LogP contribution in [0.5, 0.6) is 0 Å². The number of nitrogens with one attached hydrogen (secondary N) is 2. The van der Waals surface area contributed by atoms with Gasteiger partial charge in [-0.15, -0.1) is 5.92 Å². The molecule has 11 heteroatoms. The summed E-state index contributed by atoms with van der Waals surface area (Å²) in [6, 6.07) is 5.67. The molecule has 1 aromatic carbocycles. The zero-order valence-corrected chi connectivity index (χ0v) is 21.3. The van der Waals surface area contributed by atoms with Gasteiger partial charge in [0.15, 0.2) is 5.69 Å². The monoisotopic (exact) mass is 521 g/mol. The topological polar surface area (TPSA) is 108 Å². The van der Waals surface area contributed by atoms with Crippen LogP contribution < -0.4 is 10.6 Å². The van der Waals surface area contributed by atoms with Crippen molar-refractivity contribution in [1.29, 1.82) is 0 Å². The highest BCUT2D eigenvalue weighted by Crippen LogP contribution is 2.41. The lowest BCUT2D eigenvalue weighted by atomic mass is 9.83. The van der Waals surface area contributed by atoms with E-state index in [1.54, 1.807) is 24.1 Å². The minimum absolute atomic E-state index is 0.0253. The molecule has 1 amide bonds. The quantitative estimate of drug-likeness (QED) is 0.408. The number of aliphatic hydroxyl groups excluding tert-OH is 1. The number of hydrogen-bond acceptors (Lipinski definition) is 7. The van der Waals surface area contributed by atoms with Crippen molar-refractivity contribution < 1.29 is 18.7 Å². The molecular formula is C27H29F2N7O2. The highest BCUT2D eigenvalue weighted by atomic mass is 19.3. The van der Waals surface area contributed by atoms with Crippen molar-refractivity contribution in [2.24, 2.45) is 0 Å². The number of carbonyl (C=O) groups excluding carboxylic acids is 1. The number of rotatable bonds is 7. The first-order valence-corrected chi connectivity index (χ1v) is 12.5. The van der Waals surface area contributed by atoms with Crippen LogP contribution in [-0.4, -0.2) is 68.3 Å². The number of anilines is 3. The molecule has 5 rings (SSSR count). The van der Waals surface area contributed by atoms with Crippen molar-refractivity contribution in [3.05, 3.63) is 47.4 Å². The molecule has 0 saturated carbocycles. The third-order valence-corrected chi connectivity index (χ3v) is 6.93. The van der Waals surface area contributed by atoms with Crippen LogP contribution in [0.1, 0.15) is 48.3 Å². The van der Waals surface area contributed by atoms with E-state index < -0.39 is 18.4 Å². The maximum Gasteiger partial charge on any atom is 0.276 e. The molecule has 2 aromatic heterocycles. The first kappa shape index (κ1) is 25.6. The lowest BCUT2D eigenvalue weighted by Gasteiger charge is -2.21. The Bertz CT molecular complexity index is 1420. The molecule has 0 aliphatic carbocycles. The van der Waals surface area contributed by atoms with Gasteiger partial charge in [-0.25, -0.2) is 18.7 Å². The molecule has 9 nitrogen and oxygen atoms in total. The molecule has 2 aliphatic heterocycles. The summed E-state index contributed by atoms with van der Waals surface area (Å²) in [5.74, 6) is 5.95. The van der Waals surface area contributed by atoms with Crippen molar-refractivity contribution in [3.8, 4) is 23.1 Å². The van der Waals surface area contributed by atoms with Crippen LogP contribution in [-0.2, 0) is 12.0 Å². The predicted octanol–water partition coefficient (Wildman–Crippen LogP) is 3.63. The average Bonchev–Trinajstić information content (AvgIpc) is 3.64. The van der Waals surface area contributed by atoms with Crippen LogP contribution in [0, 0.1) is 11.8 Å². The van der Waals surface area contributed by atoms with Crippen LogP contribution in [0.3, 0.4) is 0 Å². The maximum absolute atomic E-state index is 13.1. The molecule has 2 aliphatic rings. The van der Waals surface area contributed by atoms with Gasteiger partial charge < -0.3 is 20.6 Å². The molecule has 4 heterocycles. The molecule has 0 bridgehead atoms. The highest BCUT2D eigenvalue weighted by Gasteiger charge is 2.35. The summed E-state index contributed by atoms with van der Waals surface area (Å²) < 4.78 is 27.2. The summed E-state index contributed by atoms with van der Waals surface area (Å²) in [6.07, 6.45) is 2.14. The van der Waals surface area contributed by atoms with Crippen molar-refractivity contribution in [2.75, 3.05) is 36.9 Å². The van der Waals surface area contributed by atoms with E-state index >= 15 is 0 Å².